The highest BCUT2D eigenvalue weighted by Crippen LogP contribution is 2.19. The molecule has 0 spiro atoms. The molecule has 5 heteroatoms. The largest absolute Gasteiger partial charge is 0.392 e. The molecule has 2 aliphatic rings. The van der Waals surface area contributed by atoms with Crippen LogP contribution in [0.5, 0.6) is 0 Å². The fourth-order valence-electron chi connectivity index (χ4n) is 2.72. The Kier molecular flexibility index (Phi) is 4.59. The first-order chi connectivity index (χ1) is 8.50. The molecule has 0 saturated carbocycles. The molecule has 2 fully saturated rings. The number of nitrogens with zero attached hydrogens (tertiary/aromatic N) is 2. The van der Waals surface area contributed by atoms with Gasteiger partial charge in [0.15, 0.2) is 0 Å². The van der Waals surface area contributed by atoms with Gasteiger partial charge in [0.25, 0.3) is 0 Å². The molecule has 0 aromatic heterocycles. The third kappa shape index (κ3) is 3.20. The average molecular weight is 271 g/mol. The van der Waals surface area contributed by atoms with Crippen LogP contribution in [0, 0.1) is 0 Å². The van der Waals surface area contributed by atoms with Crippen LogP contribution in [0.4, 0.5) is 0 Å². The molecule has 0 aromatic carbocycles. The van der Waals surface area contributed by atoms with Crippen LogP contribution in [-0.4, -0.2) is 65.8 Å². The van der Waals surface area contributed by atoms with E-state index in [9.17, 15) is 0 Å². The molecule has 2 heterocycles. The lowest BCUT2D eigenvalue weighted by molar-refractivity contribution is 0.0364. The number of hydrogen-bond donors (Lipinski definition) is 1. The van der Waals surface area contributed by atoms with E-state index in [1.54, 1.807) is 0 Å². The molecule has 0 amide bonds. The van der Waals surface area contributed by atoms with Crippen molar-refractivity contribution >= 4 is 17.2 Å². The van der Waals surface area contributed by atoms with Crippen molar-refractivity contribution in [3.63, 3.8) is 0 Å². The van der Waals surface area contributed by atoms with E-state index >= 15 is 0 Å². The van der Waals surface area contributed by atoms with Gasteiger partial charge in [0.1, 0.15) is 0 Å². The molecule has 1 atom stereocenters. The summed E-state index contributed by atoms with van der Waals surface area (Å²) >= 11 is 5.16. The van der Waals surface area contributed by atoms with Crippen LogP contribution in [0.25, 0.3) is 0 Å². The summed E-state index contributed by atoms with van der Waals surface area (Å²) in [4.78, 5) is 5.48. The van der Waals surface area contributed by atoms with Crippen LogP contribution in [0.15, 0.2) is 0 Å². The van der Waals surface area contributed by atoms with Gasteiger partial charge in [0.2, 0.25) is 0 Å². The summed E-state index contributed by atoms with van der Waals surface area (Å²) in [6.07, 6.45) is 2.90. The van der Waals surface area contributed by atoms with Crippen molar-refractivity contribution in [2.45, 2.75) is 38.3 Å². The Bertz CT molecular complexity index is 295. The molecule has 4 nitrogen and oxygen atoms in total. The summed E-state index contributed by atoms with van der Waals surface area (Å²) in [5.74, 6) is 0. The van der Waals surface area contributed by atoms with E-state index < -0.39 is 0 Å². The van der Waals surface area contributed by atoms with Gasteiger partial charge >= 0.3 is 0 Å². The summed E-state index contributed by atoms with van der Waals surface area (Å²) in [5, 5.41) is 0. The molecule has 0 aromatic rings. The number of ether oxygens (including phenoxy) is 1. The van der Waals surface area contributed by atoms with Crippen molar-refractivity contribution < 1.29 is 4.74 Å². The molecule has 18 heavy (non-hydrogen) atoms. The highest BCUT2D eigenvalue weighted by Gasteiger charge is 2.32. The van der Waals surface area contributed by atoms with Crippen LogP contribution >= 0.6 is 12.2 Å². The van der Waals surface area contributed by atoms with Gasteiger partial charge in [0, 0.05) is 39.3 Å². The summed E-state index contributed by atoms with van der Waals surface area (Å²) in [6, 6.07) is 0. The molecule has 0 aliphatic carbocycles. The molecular formula is C13H25N3OS. The number of hydrogen-bond acceptors (Lipinski definition) is 4. The zero-order valence-corrected chi connectivity index (χ0v) is 12.3. The molecule has 2 aliphatic heterocycles. The molecule has 0 bridgehead atoms. The van der Waals surface area contributed by atoms with Crippen molar-refractivity contribution in [1.82, 2.24) is 9.80 Å². The fourth-order valence-corrected chi connectivity index (χ4v) is 2.85. The third-order valence-electron chi connectivity index (χ3n) is 4.25. The van der Waals surface area contributed by atoms with Gasteiger partial charge in [-0.05, 0) is 26.7 Å². The average Bonchev–Trinajstić information content (AvgIpc) is 2.82. The Balaban J connectivity index is 1.78. The van der Waals surface area contributed by atoms with Crippen molar-refractivity contribution in [2.24, 2.45) is 5.73 Å². The quantitative estimate of drug-likeness (QED) is 0.768. The predicted molar refractivity (Wildman–Crippen MR) is 77.9 cm³/mol. The summed E-state index contributed by atoms with van der Waals surface area (Å²) in [5.41, 5.74) is 5.66. The zero-order valence-electron chi connectivity index (χ0n) is 11.5. The number of nitrogens with two attached hydrogens (primary N) is 1. The minimum atomic E-state index is -0.161. The van der Waals surface area contributed by atoms with Crippen molar-refractivity contribution in [3.8, 4) is 0 Å². The van der Waals surface area contributed by atoms with Crippen LogP contribution in [0.2, 0.25) is 0 Å². The zero-order chi connectivity index (χ0) is 13.2. The Hall–Kier alpha value is -0.230. The monoisotopic (exact) mass is 271 g/mol. The lowest BCUT2D eigenvalue weighted by Crippen LogP contribution is -2.59. The highest BCUT2D eigenvalue weighted by atomic mass is 32.1. The van der Waals surface area contributed by atoms with Crippen LogP contribution < -0.4 is 5.73 Å². The number of piperazine rings is 1. The maximum atomic E-state index is 5.82. The van der Waals surface area contributed by atoms with E-state index in [1.165, 1.54) is 12.8 Å². The molecule has 0 radical (unpaired) electrons. The normalized spacial score (nSPS) is 27.6. The first kappa shape index (κ1) is 14.2. The van der Waals surface area contributed by atoms with E-state index in [1.807, 2.05) is 0 Å². The fraction of sp³-hybridized carbons (Fsp3) is 0.923. The smallest absolute Gasteiger partial charge is 0.0928 e. The second-order valence-electron chi connectivity index (χ2n) is 5.85. The van der Waals surface area contributed by atoms with E-state index in [0.717, 1.165) is 39.3 Å². The van der Waals surface area contributed by atoms with E-state index in [2.05, 4.69) is 23.6 Å². The number of thiocarbonyl (C=S) groups is 1. The molecule has 2 N–H and O–H groups in total. The SMILES string of the molecule is CC(C)(C(N)=S)N1CCN(CC2CCCO2)CC1. The predicted octanol–water partition coefficient (Wildman–Crippen LogP) is 0.848. The summed E-state index contributed by atoms with van der Waals surface area (Å²) in [6.45, 7) is 10.5. The molecule has 2 saturated heterocycles. The minimum Gasteiger partial charge on any atom is -0.392 e. The lowest BCUT2D eigenvalue weighted by Gasteiger charge is -2.43. The topological polar surface area (TPSA) is 41.7 Å². The van der Waals surface area contributed by atoms with Crippen LogP contribution in [-0.2, 0) is 4.74 Å². The van der Waals surface area contributed by atoms with Gasteiger partial charge in [-0.2, -0.15) is 0 Å². The van der Waals surface area contributed by atoms with E-state index in [-0.39, 0.29) is 5.54 Å². The second kappa shape index (κ2) is 5.82. The first-order valence-electron chi connectivity index (χ1n) is 6.89. The molecule has 2 rings (SSSR count). The van der Waals surface area contributed by atoms with Gasteiger partial charge in [-0.25, -0.2) is 0 Å². The Morgan fingerprint density at radius 1 is 1.33 bits per heavy atom. The molecule has 1 unspecified atom stereocenters. The lowest BCUT2D eigenvalue weighted by atomic mass is 10.0. The van der Waals surface area contributed by atoms with Gasteiger partial charge < -0.3 is 10.5 Å². The Labute approximate surface area is 115 Å². The van der Waals surface area contributed by atoms with Gasteiger partial charge in [0.05, 0.1) is 16.6 Å². The molecular weight excluding hydrogens is 246 g/mol. The standard InChI is InChI=1S/C13H25N3OS/c1-13(2,12(14)18)16-7-5-15(6-8-16)10-11-4-3-9-17-11/h11H,3-10H2,1-2H3,(H2,14,18). The maximum Gasteiger partial charge on any atom is 0.0928 e. The van der Waals surface area contributed by atoms with Crippen molar-refractivity contribution in [2.75, 3.05) is 39.3 Å². The van der Waals surface area contributed by atoms with Gasteiger partial charge in [-0.3, -0.25) is 9.80 Å². The first-order valence-corrected chi connectivity index (χ1v) is 7.30. The Morgan fingerprint density at radius 3 is 2.50 bits per heavy atom. The van der Waals surface area contributed by atoms with Crippen LogP contribution in [0.1, 0.15) is 26.7 Å². The second-order valence-corrected chi connectivity index (χ2v) is 6.29. The highest BCUT2D eigenvalue weighted by molar-refractivity contribution is 7.80. The van der Waals surface area contributed by atoms with E-state index in [0.29, 0.717) is 11.1 Å². The molecule has 104 valence electrons. The van der Waals surface area contributed by atoms with E-state index in [4.69, 9.17) is 22.7 Å². The Morgan fingerprint density at radius 2 is 2.00 bits per heavy atom. The van der Waals surface area contributed by atoms with Crippen LogP contribution in [0.3, 0.4) is 0 Å². The number of rotatable bonds is 4. The van der Waals surface area contributed by atoms with Gasteiger partial charge in [-0.1, -0.05) is 12.2 Å². The maximum absolute atomic E-state index is 5.82. The van der Waals surface area contributed by atoms with Gasteiger partial charge in [-0.15, -0.1) is 0 Å². The summed E-state index contributed by atoms with van der Waals surface area (Å²) < 4.78 is 5.69. The minimum absolute atomic E-state index is 0.161. The summed E-state index contributed by atoms with van der Waals surface area (Å²) in [7, 11) is 0. The third-order valence-corrected chi connectivity index (χ3v) is 4.75. The van der Waals surface area contributed by atoms with Crippen molar-refractivity contribution in [3.05, 3.63) is 0 Å². The van der Waals surface area contributed by atoms with Crippen molar-refractivity contribution in [1.29, 1.82) is 0 Å².